The molecule has 0 bridgehead atoms. The molecule has 0 amide bonds. The van der Waals surface area contributed by atoms with Crippen LogP contribution in [0.3, 0.4) is 0 Å². The van der Waals surface area contributed by atoms with Gasteiger partial charge in [0.1, 0.15) is 0 Å². The van der Waals surface area contributed by atoms with E-state index in [1.54, 1.807) is 0 Å². The van der Waals surface area contributed by atoms with E-state index in [2.05, 4.69) is 37.9 Å². The van der Waals surface area contributed by atoms with Gasteiger partial charge in [-0.3, -0.25) is 0 Å². The smallest absolute Gasteiger partial charge is 0.0160 e. The molecule has 0 aromatic rings. The second kappa shape index (κ2) is 9.79. The second-order valence-corrected chi connectivity index (χ2v) is 3.73. The first kappa shape index (κ1) is 12.7. The number of hydrogen-bond donors (Lipinski definition) is 0. The largest absolute Gasteiger partial charge is 0.303 e. The van der Waals surface area contributed by atoms with Crippen LogP contribution in [0.4, 0.5) is 0 Å². The molecule has 0 heterocycles. The standard InChI is InChI=1S/C12H25N/c1-4-6-7-8-9-10-12-13(3)11-5-2/h9-10H,4-8,11-12H2,1-3H3/b10-9-. The van der Waals surface area contributed by atoms with Gasteiger partial charge in [0, 0.05) is 6.54 Å². The Bertz CT molecular complexity index is 118. The molecule has 0 aliphatic carbocycles. The molecule has 78 valence electrons. The molecule has 0 rings (SSSR count). The molecule has 0 saturated heterocycles. The number of allylic oxidation sites excluding steroid dienone is 1. The van der Waals surface area contributed by atoms with E-state index in [9.17, 15) is 0 Å². The molecule has 0 N–H and O–H groups in total. The lowest BCUT2D eigenvalue weighted by atomic mass is 10.2. The van der Waals surface area contributed by atoms with Crippen LogP contribution in [0, 0.1) is 0 Å². The molecule has 1 nitrogen and oxygen atoms in total. The van der Waals surface area contributed by atoms with Gasteiger partial charge in [0.25, 0.3) is 0 Å². The van der Waals surface area contributed by atoms with Crippen molar-refractivity contribution in [1.82, 2.24) is 4.90 Å². The van der Waals surface area contributed by atoms with Crippen molar-refractivity contribution < 1.29 is 0 Å². The minimum Gasteiger partial charge on any atom is -0.303 e. The SMILES string of the molecule is CCCCC/C=C\CN(C)CCC. The van der Waals surface area contributed by atoms with Crippen LogP contribution in [0.5, 0.6) is 0 Å². The van der Waals surface area contributed by atoms with E-state index in [1.807, 2.05) is 0 Å². The fraction of sp³-hybridized carbons (Fsp3) is 0.833. The lowest BCUT2D eigenvalue weighted by molar-refractivity contribution is 0.370. The number of rotatable bonds is 8. The Morgan fingerprint density at radius 2 is 1.77 bits per heavy atom. The Hall–Kier alpha value is -0.300. The van der Waals surface area contributed by atoms with E-state index in [0.29, 0.717) is 0 Å². The molecule has 13 heavy (non-hydrogen) atoms. The van der Waals surface area contributed by atoms with Gasteiger partial charge >= 0.3 is 0 Å². The van der Waals surface area contributed by atoms with E-state index < -0.39 is 0 Å². The van der Waals surface area contributed by atoms with Crippen LogP contribution in [0.25, 0.3) is 0 Å². The summed E-state index contributed by atoms with van der Waals surface area (Å²) in [7, 11) is 2.18. The zero-order valence-corrected chi connectivity index (χ0v) is 9.55. The summed E-state index contributed by atoms with van der Waals surface area (Å²) in [4.78, 5) is 2.36. The molecule has 0 unspecified atom stereocenters. The highest BCUT2D eigenvalue weighted by molar-refractivity contribution is 4.83. The van der Waals surface area contributed by atoms with Crippen LogP contribution >= 0.6 is 0 Å². The molecule has 0 fully saturated rings. The van der Waals surface area contributed by atoms with Crippen molar-refractivity contribution in [3.63, 3.8) is 0 Å². The average molecular weight is 183 g/mol. The Morgan fingerprint density at radius 1 is 1.00 bits per heavy atom. The van der Waals surface area contributed by atoms with Gasteiger partial charge in [-0.15, -0.1) is 0 Å². The number of unbranched alkanes of at least 4 members (excludes halogenated alkanes) is 3. The summed E-state index contributed by atoms with van der Waals surface area (Å²) in [5.41, 5.74) is 0. The molecule has 0 spiro atoms. The number of nitrogens with zero attached hydrogens (tertiary/aromatic N) is 1. The minimum absolute atomic E-state index is 1.11. The molecule has 0 radical (unpaired) electrons. The third-order valence-corrected chi connectivity index (χ3v) is 2.16. The normalized spacial score (nSPS) is 11.7. The Balaban J connectivity index is 3.19. The van der Waals surface area contributed by atoms with E-state index in [1.165, 1.54) is 38.6 Å². The van der Waals surface area contributed by atoms with Crippen LogP contribution in [-0.2, 0) is 0 Å². The molecule has 0 aromatic carbocycles. The highest BCUT2D eigenvalue weighted by Crippen LogP contribution is 1.99. The predicted octanol–water partition coefficient (Wildman–Crippen LogP) is 3.46. The quantitative estimate of drug-likeness (QED) is 0.411. The van der Waals surface area contributed by atoms with E-state index in [-0.39, 0.29) is 0 Å². The third kappa shape index (κ3) is 9.62. The molecular weight excluding hydrogens is 158 g/mol. The predicted molar refractivity (Wildman–Crippen MR) is 61.1 cm³/mol. The van der Waals surface area contributed by atoms with Crippen molar-refractivity contribution in [3.8, 4) is 0 Å². The second-order valence-electron chi connectivity index (χ2n) is 3.73. The van der Waals surface area contributed by atoms with Crippen molar-refractivity contribution in [1.29, 1.82) is 0 Å². The van der Waals surface area contributed by atoms with Gasteiger partial charge in [-0.25, -0.2) is 0 Å². The van der Waals surface area contributed by atoms with Crippen molar-refractivity contribution in [2.24, 2.45) is 0 Å². The van der Waals surface area contributed by atoms with E-state index >= 15 is 0 Å². The Labute approximate surface area is 83.8 Å². The molecule has 0 atom stereocenters. The molecule has 0 aliphatic rings. The Kier molecular flexibility index (Phi) is 9.56. The van der Waals surface area contributed by atoms with Crippen molar-refractivity contribution >= 4 is 0 Å². The number of likely N-dealkylation sites (N-methyl/N-ethyl adjacent to an activating group) is 1. The van der Waals surface area contributed by atoms with E-state index in [0.717, 1.165) is 6.54 Å². The summed E-state index contributed by atoms with van der Waals surface area (Å²) in [5, 5.41) is 0. The maximum atomic E-state index is 2.36. The monoisotopic (exact) mass is 183 g/mol. The summed E-state index contributed by atoms with van der Waals surface area (Å²) in [6.07, 6.45) is 11.2. The summed E-state index contributed by atoms with van der Waals surface area (Å²) in [6, 6.07) is 0. The lowest BCUT2D eigenvalue weighted by Crippen LogP contribution is -2.18. The summed E-state index contributed by atoms with van der Waals surface area (Å²) < 4.78 is 0. The summed E-state index contributed by atoms with van der Waals surface area (Å²) in [6.45, 7) is 6.79. The third-order valence-electron chi connectivity index (χ3n) is 2.16. The van der Waals surface area contributed by atoms with Gasteiger partial charge in [0.15, 0.2) is 0 Å². The van der Waals surface area contributed by atoms with E-state index in [4.69, 9.17) is 0 Å². The van der Waals surface area contributed by atoms with Crippen molar-refractivity contribution in [2.45, 2.75) is 46.0 Å². The highest BCUT2D eigenvalue weighted by Gasteiger charge is 1.90. The maximum Gasteiger partial charge on any atom is 0.0160 e. The molecule has 0 saturated carbocycles. The molecule has 1 heteroatoms. The minimum atomic E-state index is 1.11. The molecule has 0 aliphatic heterocycles. The Morgan fingerprint density at radius 3 is 2.38 bits per heavy atom. The molecular formula is C12H25N. The van der Waals surface area contributed by atoms with Gasteiger partial charge in [-0.1, -0.05) is 38.8 Å². The maximum absolute atomic E-state index is 2.36. The van der Waals surface area contributed by atoms with Crippen LogP contribution in [0.1, 0.15) is 46.0 Å². The first-order valence-electron chi connectivity index (χ1n) is 5.64. The van der Waals surface area contributed by atoms with Gasteiger partial charge in [-0.05, 0) is 32.9 Å². The first-order chi connectivity index (χ1) is 6.31. The highest BCUT2D eigenvalue weighted by atomic mass is 15.1. The lowest BCUT2D eigenvalue weighted by Gasteiger charge is -2.11. The van der Waals surface area contributed by atoms with Crippen molar-refractivity contribution in [2.75, 3.05) is 20.1 Å². The van der Waals surface area contributed by atoms with Gasteiger partial charge in [0.2, 0.25) is 0 Å². The van der Waals surface area contributed by atoms with Gasteiger partial charge in [-0.2, -0.15) is 0 Å². The summed E-state index contributed by atoms with van der Waals surface area (Å²) >= 11 is 0. The van der Waals surface area contributed by atoms with Crippen LogP contribution in [0.2, 0.25) is 0 Å². The average Bonchev–Trinajstić information content (AvgIpc) is 2.11. The van der Waals surface area contributed by atoms with Crippen LogP contribution in [-0.4, -0.2) is 25.0 Å². The zero-order valence-electron chi connectivity index (χ0n) is 9.55. The fourth-order valence-electron chi connectivity index (χ4n) is 1.36. The van der Waals surface area contributed by atoms with Gasteiger partial charge in [0.05, 0.1) is 0 Å². The van der Waals surface area contributed by atoms with Crippen LogP contribution < -0.4 is 0 Å². The van der Waals surface area contributed by atoms with Crippen molar-refractivity contribution in [3.05, 3.63) is 12.2 Å². The fourth-order valence-corrected chi connectivity index (χ4v) is 1.36. The number of hydrogen-bond acceptors (Lipinski definition) is 1. The van der Waals surface area contributed by atoms with Gasteiger partial charge < -0.3 is 4.90 Å². The summed E-state index contributed by atoms with van der Waals surface area (Å²) in [5.74, 6) is 0. The first-order valence-corrected chi connectivity index (χ1v) is 5.64. The zero-order chi connectivity index (χ0) is 9.94. The topological polar surface area (TPSA) is 3.24 Å². The van der Waals surface area contributed by atoms with Crippen LogP contribution in [0.15, 0.2) is 12.2 Å². The molecule has 0 aromatic heterocycles.